The lowest BCUT2D eigenvalue weighted by Crippen LogP contribution is -2.34. The molecule has 1 N–H and O–H groups in total. The summed E-state index contributed by atoms with van der Waals surface area (Å²) in [5.74, 6) is 0.175. The minimum absolute atomic E-state index is 0.140. The molecule has 0 fully saturated rings. The predicted molar refractivity (Wildman–Crippen MR) is 88.7 cm³/mol. The average Bonchev–Trinajstić information content (AvgIpc) is 2.51. The van der Waals surface area contributed by atoms with Crippen molar-refractivity contribution in [2.24, 2.45) is 0 Å². The predicted octanol–water partition coefficient (Wildman–Crippen LogP) is 3.71. The lowest BCUT2D eigenvalue weighted by Gasteiger charge is -2.17. The Kier molecular flexibility index (Phi) is 3.72. The first-order valence-electron chi connectivity index (χ1n) is 7.28. The summed E-state index contributed by atoms with van der Waals surface area (Å²) < 4.78 is 0. The maximum absolute atomic E-state index is 11.8. The summed E-state index contributed by atoms with van der Waals surface area (Å²) in [6.07, 6.45) is 0.716. The van der Waals surface area contributed by atoms with Gasteiger partial charge in [-0.1, -0.05) is 48.5 Å². The van der Waals surface area contributed by atoms with Crippen molar-refractivity contribution in [3.8, 4) is 0 Å². The van der Waals surface area contributed by atoms with E-state index in [0.717, 1.165) is 0 Å². The highest BCUT2D eigenvalue weighted by atomic mass is 16.1. The Hall–Kier alpha value is -2.19. The van der Waals surface area contributed by atoms with E-state index in [2.05, 4.69) is 59.9 Å². The summed E-state index contributed by atoms with van der Waals surface area (Å²) in [5.41, 5.74) is 1.25. The fourth-order valence-corrected chi connectivity index (χ4v) is 2.98. The van der Waals surface area contributed by atoms with Gasteiger partial charge in [0.1, 0.15) is 5.78 Å². The molecule has 1 unspecified atom stereocenters. The Balaban J connectivity index is 2.27. The third kappa shape index (κ3) is 2.55. The molecule has 0 aromatic heterocycles. The summed E-state index contributed by atoms with van der Waals surface area (Å²) in [6, 6.07) is 18.9. The molecule has 0 aliphatic carbocycles. The van der Waals surface area contributed by atoms with Crippen LogP contribution < -0.4 is 5.32 Å². The van der Waals surface area contributed by atoms with Gasteiger partial charge in [-0.25, -0.2) is 0 Å². The number of nitrogens with one attached hydrogen (secondary N) is 1. The van der Waals surface area contributed by atoms with Gasteiger partial charge in [0.05, 0.1) is 6.04 Å². The molecular weight excluding hydrogens is 258 g/mol. The zero-order chi connectivity index (χ0) is 14.8. The molecule has 2 heteroatoms. The summed E-state index contributed by atoms with van der Waals surface area (Å²) in [4.78, 5) is 11.8. The number of Topliss-reactive ketones (excluding diaryl/α,β-unsaturated/α-hetero) is 1. The van der Waals surface area contributed by atoms with Gasteiger partial charge in [-0.05, 0) is 53.6 Å². The number of hydrogen-bond donors (Lipinski definition) is 1. The zero-order valence-electron chi connectivity index (χ0n) is 12.4. The lowest BCUT2D eigenvalue weighted by molar-refractivity contribution is -0.118. The van der Waals surface area contributed by atoms with Crippen molar-refractivity contribution in [1.82, 2.24) is 5.32 Å². The molecule has 106 valence electrons. The van der Waals surface area contributed by atoms with Crippen molar-refractivity contribution in [1.29, 1.82) is 0 Å². The summed E-state index contributed by atoms with van der Waals surface area (Å²) in [6.45, 7) is 1.65. The van der Waals surface area contributed by atoms with Crippen LogP contribution in [0.2, 0.25) is 0 Å². The van der Waals surface area contributed by atoms with E-state index < -0.39 is 0 Å². The molecule has 0 bridgehead atoms. The van der Waals surface area contributed by atoms with Gasteiger partial charge < -0.3 is 5.32 Å². The minimum atomic E-state index is -0.140. The Morgan fingerprint density at radius 2 is 1.52 bits per heavy atom. The average molecular weight is 277 g/mol. The molecule has 21 heavy (non-hydrogen) atoms. The van der Waals surface area contributed by atoms with Crippen LogP contribution in [0.15, 0.2) is 54.6 Å². The van der Waals surface area contributed by atoms with Crippen LogP contribution >= 0.6 is 0 Å². The van der Waals surface area contributed by atoms with E-state index in [1.54, 1.807) is 6.92 Å². The van der Waals surface area contributed by atoms with E-state index in [9.17, 15) is 4.79 Å². The van der Waals surface area contributed by atoms with Crippen LogP contribution in [0.5, 0.6) is 0 Å². The molecule has 3 aromatic rings. The molecule has 0 saturated carbocycles. The number of benzene rings is 3. The third-order valence-electron chi connectivity index (χ3n) is 4.13. The molecule has 3 aromatic carbocycles. The molecule has 0 saturated heterocycles. The fraction of sp³-hybridized carbons (Fsp3) is 0.211. The van der Waals surface area contributed by atoms with Gasteiger partial charge >= 0.3 is 0 Å². The molecule has 0 aliphatic rings. The molecule has 0 spiro atoms. The molecular formula is C19H19NO. The van der Waals surface area contributed by atoms with Crippen LogP contribution in [-0.4, -0.2) is 18.9 Å². The van der Waals surface area contributed by atoms with Gasteiger partial charge in [0.15, 0.2) is 0 Å². The highest BCUT2D eigenvalue weighted by molar-refractivity contribution is 6.02. The smallest absolute Gasteiger partial charge is 0.147 e. The first-order chi connectivity index (χ1) is 10.2. The topological polar surface area (TPSA) is 29.1 Å². The summed E-state index contributed by atoms with van der Waals surface area (Å²) >= 11 is 0. The van der Waals surface area contributed by atoms with Crippen LogP contribution in [-0.2, 0) is 11.2 Å². The molecule has 3 rings (SSSR count). The van der Waals surface area contributed by atoms with Crippen LogP contribution in [0.1, 0.15) is 12.5 Å². The second kappa shape index (κ2) is 5.66. The van der Waals surface area contributed by atoms with Crippen molar-refractivity contribution in [3.05, 3.63) is 60.2 Å². The first-order valence-corrected chi connectivity index (χ1v) is 7.28. The maximum Gasteiger partial charge on any atom is 0.147 e. The van der Waals surface area contributed by atoms with E-state index >= 15 is 0 Å². The zero-order valence-corrected chi connectivity index (χ0v) is 12.4. The van der Waals surface area contributed by atoms with E-state index in [1.165, 1.54) is 27.1 Å². The Labute approximate surface area is 124 Å². The van der Waals surface area contributed by atoms with E-state index in [1.807, 2.05) is 7.05 Å². The molecule has 0 radical (unpaired) electrons. The number of rotatable bonds is 4. The highest BCUT2D eigenvalue weighted by Crippen LogP contribution is 2.29. The van der Waals surface area contributed by atoms with Gasteiger partial charge in [0, 0.05) is 0 Å². The second-order valence-corrected chi connectivity index (χ2v) is 5.45. The van der Waals surface area contributed by atoms with Crippen molar-refractivity contribution in [3.63, 3.8) is 0 Å². The second-order valence-electron chi connectivity index (χ2n) is 5.45. The summed E-state index contributed by atoms with van der Waals surface area (Å²) in [5, 5.41) is 8.05. The Morgan fingerprint density at radius 1 is 1.00 bits per heavy atom. The molecule has 0 heterocycles. The SMILES string of the molecule is CNC(Cc1c2ccccc2cc2ccccc12)C(C)=O. The monoisotopic (exact) mass is 277 g/mol. The molecule has 0 amide bonds. The quantitative estimate of drug-likeness (QED) is 0.737. The number of ketones is 1. The van der Waals surface area contributed by atoms with Gasteiger partial charge in [0.25, 0.3) is 0 Å². The van der Waals surface area contributed by atoms with Gasteiger partial charge in [-0.2, -0.15) is 0 Å². The van der Waals surface area contributed by atoms with E-state index in [0.29, 0.717) is 6.42 Å². The van der Waals surface area contributed by atoms with E-state index in [4.69, 9.17) is 0 Å². The standard InChI is InChI=1S/C19H19NO/c1-13(21)19(20-2)12-18-16-9-5-3-7-14(16)11-15-8-4-6-10-17(15)18/h3-11,19-20H,12H2,1-2H3. The number of hydrogen-bond acceptors (Lipinski definition) is 2. The minimum Gasteiger partial charge on any atom is -0.310 e. The van der Waals surface area contributed by atoms with Crippen LogP contribution in [0, 0.1) is 0 Å². The van der Waals surface area contributed by atoms with Gasteiger partial charge in [0.2, 0.25) is 0 Å². The first kappa shape index (κ1) is 13.8. The lowest BCUT2D eigenvalue weighted by atomic mass is 9.92. The van der Waals surface area contributed by atoms with Crippen LogP contribution in [0.3, 0.4) is 0 Å². The maximum atomic E-state index is 11.8. The van der Waals surface area contributed by atoms with Crippen molar-refractivity contribution in [2.45, 2.75) is 19.4 Å². The van der Waals surface area contributed by atoms with Gasteiger partial charge in [-0.3, -0.25) is 4.79 Å². The highest BCUT2D eigenvalue weighted by Gasteiger charge is 2.16. The fourth-order valence-electron chi connectivity index (χ4n) is 2.98. The van der Waals surface area contributed by atoms with Crippen molar-refractivity contribution < 1.29 is 4.79 Å². The number of likely N-dealkylation sites (N-methyl/N-ethyl adjacent to an activating group) is 1. The molecule has 0 aliphatic heterocycles. The van der Waals surface area contributed by atoms with E-state index in [-0.39, 0.29) is 11.8 Å². The largest absolute Gasteiger partial charge is 0.310 e. The third-order valence-corrected chi connectivity index (χ3v) is 4.13. The molecule has 2 nitrogen and oxygen atoms in total. The Morgan fingerprint density at radius 3 is 2.00 bits per heavy atom. The van der Waals surface area contributed by atoms with Crippen LogP contribution in [0.25, 0.3) is 21.5 Å². The van der Waals surface area contributed by atoms with Crippen LogP contribution in [0.4, 0.5) is 0 Å². The Bertz CT molecular complexity index is 753. The van der Waals surface area contributed by atoms with Crippen molar-refractivity contribution >= 4 is 27.3 Å². The van der Waals surface area contributed by atoms with Gasteiger partial charge in [-0.15, -0.1) is 0 Å². The number of fused-ring (bicyclic) bond motifs is 2. The normalized spacial score (nSPS) is 12.7. The number of carbonyl (C=O) groups is 1. The number of carbonyl (C=O) groups excluding carboxylic acids is 1. The summed E-state index contributed by atoms with van der Waals surface area (Å²) in [7, 11) is 1.85. The molecule has 1 atom stereocenters. The van der Waals surface area contributed by atoms with Crippen molar-refractivity contribution in [2.75, 3.05) is 7.05 Å².